The topological polar surface area (TPSA) is 38.3 Å². The quantitative estimate of drug-likeness (QED) is 0.693. The molecule has 0 heterocycles. The van der Waals surface area contributed by atoms with E-state index in [4.69, 9.17) is 4.74 Å². The van der Waals surface area contributed by atoms with Crippen molar-refractivity contribution in [3.8, 4) is 5.75 Å². The van der Waals surface area contributed by atoms with Crippen LogP contribution in [0.25, 0.3) is 10.8 Å². The van der Waals surface area contributed by atoms with E-state index in [1.54, 1.807) is 6.92 Å². The molecule has 1 amide bonds. The number of fused-ring (bicyclic) bond motifs is 1. The maximum absolute atomic E-state index is 12.2. The summed E-state index contributed by atoms with van der Waals surface area (Å²) in [4.78, 5) is 12.2. The van der Waals surface area contributed by atoms with Gasteiger partial charge >= 0.3 is 0 Å². The minimum absolute atomic E-state index is 0.133. The van der Waals surface area contributed by atoms with E-state index in [1.807, 2.05) is 42.5 Å². The molecule has 3 nitrogen and oxygen atoms in total. The van der Waals surface area contributed by atoms with Crippen LogP contribution in [0.2, 0.25) is 0 Å². The van der Waals surface area contributed by atoms with Crippen LogP contribution in [0.4, 0.5) is 0 Å². The maximum atomic E-state index is 12.2. The van der Waals surface area contributed by atoms with Crippen LogP contribution in [-0.2, 0) is 11.3 Å². The zero-order chi connectivity index (χ0) is 16.9. The van der Waals surface area contributed by atoms with Crippen LogP contribution in [0, 0.1) is 0 Å². The van der Waals surface area contributed by atoms with Gasteiger partial charge in [-0.15, -0.1) is 0 Å². The predicted molar refractivity (Wildman–Crippen MR) is 100 cm³/mol. The van der Waals surface area contributed by atoms with Crippen molar-refractivity contribution in [2.45, 2.75) is 19.6 Å². The van der Waals surface area contributed by atoms with Gasteiger partial charge in [-0.3, -0.25) is 4.79 Å². The summed E-state index contributed by atoms with van der Waals surface area (Å²) in [6.07, 6.45) is -0.549. The molecule has 0 bridgehead atoms. The first-order valence-electron chi connectivity index (χ1n) is 7.79. The van der Waals surface area contributed by atoms with E-state index >= 15 is 0 Å². The summed E-state index contributed by atoms with van der Waals surface area (Å²) in [6.45, 7) is 2.23. The van der Waals surface area contributed by atoms with E-state index in [9.17, 15) is 4.79 Å². The average molecular weight is 384 g/mol. The molecule has 0 aliphatic carbocycles. The van der Waals surface area contributed by atoms with Gasteiger partial charge in [0.15, 0.2) is 6.10 Å². The second-order valence-corrected chi connectivity index (χ2v) is 6.53. The minimum atomic E-state index is -0.549. The highest BCUT2D eigenvalue weighted by molar-refractivity contribution is 9.10. The number of carbonyl (C=O) groups is 1. The standard InChI is InChI=1S/C20H18BrNO2/c1-14(24-19-10-8-18(21)9-11-19)20(23)22-13-15-6-7-16-4-2-3-5-17(16)12-15/h2-12,14H,13H2,1H3,(H,22,23). The molecule has 4 heteroatoms. The normalized spacial score (nSPS) is 11.9. The minimum Gasteiger partial charge on any atom is -0.481 e. The second kappa shape index (κ2) is 7.49. The van der Waals surface area contributed by atoms with Crippen molar-refractivity contribution in [1.29, 1.82) is 0 Å². The molecule has 3 rings (SSSR count). The van der Waals surface area contributed by atoms with Crippen molar-refractivity contribution in [1.82, 2.24) is 5.32 Å². The highest BCUT2D eigenvalue weighted by Gasteiger charge is 2.14. The first-order valence-corrected chi connectivity index (χ1v) is 8.59. The molecule has 3 aromatic carbocycles. The van der Waals surface area contributed by atoms with Gasteiger partial charge in [-0.05, 0) is 53.6 Å². The Hall–Kier alpha value is -2.33. The lowest BCUT2D eigenvalue weighted by atomic mass is 10.1. The smallest absolute Gasteiger partial charge is 0.261 e. The van der Waals surface area contributed by atoms with Crippen molar-refractivity contribution in [2.24, 2.45) is 0 Å². The Labute approximate surface area is 149 Å². The third-order valence-electron chi connectivity index (χ3n) is 3.78. The van der Waals surface area contributed by atoms with E-state index in [2.05, 4.69) is 45.5 Å². The highest BCUT2D eigenvalue weighted by atomic mass is 79.9. The number of nitrogens with one attached hydrogen (secondary N) is 1. The lowest BCUT2D eigenvalue weighted by Crippen LogP contribution is -2.35. The zero-order valence-corrected chi connectivity index (χ0v) is 14.9. The zero-order valence-electron chi connectivity index (χ0n) is 13.3. The van der Waals surface area contributed by atoms with Gasteiger partial charge in [0.25, 0.3) is 5.91 Å². The van der Waals surface area contributed by atoms with Crippen molar-refractivity contribution in [2.75, 3.05) is 0 Å². The molecule has 0 aliphatic heterocycles. The molecular formula is C20H18BrNO2. The van der Waals surface area contributed by atoms with E-state index in [1.165, 1.54) is 10.8 Å². The summed E-state index contributed by atoms with van der Waals surface area (Å²) >= 11 is 3.37. The number of ether oxygens (including phenoxy) is 1. The van der Waals surface area contributed by atoms with Gasteiger partial charge in [-0.25, -0.2) is 0 Å². The molecule has 0 aliphatic rings. The molecule has 0 aromatic heterocycles. The van der Waals surface area contributed by atoms with Crippen LogP contribution in [0.5, 0.6) is 5.75 Å². The summed E-state index contributed by atoms with van der Waals surface area (Å²) in [5.41, 5.74) is 1.07. The lowest BCUT2D eigenvalue weighted by Gasteiger charge is -2.15. The Morgan fingerprint density at radius 3 is 2.50 bits per heavy atom. The Bertz CT molecular complexity index is 846. The van der Waals surface area contributed by atoms with E-state index in [0.717, 1.165) is 10.0 Å². The third kappa shape index (κ3) is 4.15. The van der Waals surface area contributed by atoms with Gasteiger partial charge in [-0.1, -0.05) is 52.3 Å². The summed E-state index contributed by atoms with van der Waals surface area (Å²) in [7, 11) is 0. The Kier molecular flexibility index (Phi) is 5.16. The molecule has 0 spiro atoms. The monoisotopic (exact) mass is 383 g/mol. The second-order valence-electron chi connectivity index (χ2n) is 5.61. The number of hydrogen-bond donors (Lipinski definition) is 1. The van der Waals surface area contributed by atoms with Crippen LogP contribution >= 0.6 is 15.9 Å². The summed E-state index contributed by atoms with van der Waals surface area (Å²) in [5.74, 6) is 0.539. The average Bonchev–Trinajstić information content (AvgIpc) is 2.61. The summed E-state index contributed by atoms with van der Waals surface area (Å²) in [5, 5.41) is 5.29. The van der Waals surface area contributed by atoms with Crippen molar-refractivity contribution in [3.63, 3.8) is 0 Å². The number of benzene rings is 3. The number of amides is 1. The van der Waals surface area contributed by atoms with Gasteiger partial charge < -0.3 is 10.1 Å². The fourth-order valence-electron chi connectivity index (χ4n) is 2.45. The summed E-state index contributed by atoms with van der Waals surface area (Å²) < 4.78 is 6.63. The third-order valence-corrected chi connectivity index (χ3v) is 4.31. The maximum Gasteiger partial charge on any atom is 0.261 e. The largest absolute Gasteiger partial charge is 0.481 e. The molecule has 0 radical (unpaired) electrons. The Morgan fingerprint density at radius 2 is 1.75 bits per heavy atom. The first-order chi connectivity index (χ1) is 11.6. The number of rotatable bonds is 5. The van der Waals surface area contributed by atoms with Gasteiger partial charge in [0.05, 0.1) is 0 Å². The Balaban J connectivity index is 1.58. The highest BCUT2D eigenvalue weighted by Crippen LogP contribution is 2.18. The van der Waals surface area contributed by atoms with Crippen molar-refractivity contribution in [3.05, 3.63) is 76.8 Å². The van der Waals surface area contributed by atoms with E-state index < -0.39 is 6.10 Å². The number of halogens is 1. The molecule has 0 saturated carbocycles. The summed E-state index contributed by atoms with van der Waals surface area (Å²) in [6, 6.07) is 21.8. The van der Waals surface area contributed by atoms with Crippen LogP contribution in [0.3, 0.4) is 0 Å². The van der Waals surface area contributed by atoms with Gasteiger partial charge in [0, 0.05) is 11.0 Å². The molecule has 122 valence electrons. The van der Waals surface area contributed by atoms with Crippen molar-refractivity contribution < 1.29 is 9.53 Å². The molecule has 1 unspecified atom stereocenters. The molecule has 0 fully saturated rings. The molecule has 1 N–H and O–H groups in total. The van der Waals surface area contributed by atoms with Gasteiger partial charge in [-0.2, -0.15) is 0 Å². The van der Waals surface area contributed by atoms with Crippen LogP contribution < -0.4 is 10.1 Å². The fourth-order valence-corrected chi connectivity index (χ4v) is 2.72. The predicted octanol–water partition coefficient (Wildman–Crippen LogP) is 4.69. The molecule has 0 saturated heterocycles. The van der Waals surface area contributed by atoms with E-state index in [-0.39, 0.29) is 5.91 Å². The van der Waals surface area contributed by atoms with Gasteiger partial charge in [0.2, 0.25) is 0 Å². The van der Waals surface area contributed by atoms with E-state index in [0.29, 0.717) is 12.3 Å². The first kappa shape index (κ1) is 16.5. The molecule has 3 aromatic rings. The lowest BCUT2D eigenvalue weighted by molar-refractivity contribution is -0.127. The van der Waals surface area contributed by atoms with Crippen molar-refractivity contribution >= 4 is 32.6 Å². The van der Waals surface area contributed by atoms with Crippen LogP contribution in [0.15, 0.2) is 71.2 Å². The van der Waals surface area contributed by atoms with Crippen LogP contribution in [-0.4, -0.2) is 12.0 Å². The molecule has 24 heavy (non-hydrogen) atoms. The fraction of sp³-hybridized carbons (Fsp3) is 0.150. The Morgan fingerprint density at radius 1 is 1.04 bits per heavy atom. The molecule has 1 atom stereocenters. The van der Waals surface area contributed by atoms with Gasteiger partial charge in [0.1, 0.15) is 5.75 Å². The SMILES string of the molecule is CC(Oc1ccc(Br)cc1)C(=O)NCc1ccc2ccccc2c1. The number of hydrogen-bond acceptors (Lipinski definition) is 2. The number of carbonyl (C=O) groups excluding carboxylic acids is 1. The molecular weight excluding hydrogens is 366 g/mol. The van der Waals surface area contributed by atoms with Crippen LogP contribution in [0.1, 0.15) is 12.5 Å².